The Morgan fingerprint density at radius 3 is 2.64 bits per heavy atom. The van der Waals surface area contributed by atoms with Crippen molar-refractivity contribution in [1.82, 2.24) is 5.32 Å². The van der Waals surface area contributed by atoms with E-state index in [4.69, 9.17) is 10.5 Å². The van der Waals surface area contributed by atoms with E-state index < -0.39 is 23.7 Å². The molecular weight excluding hydrogens is 324 g/mol. The molecule has 0 spiro atoms. The van der Waals surface area contributed by atoms with E-state index in [1.54, 1.807) is 32.1 Å². The molecule has 22 heavy (non-hydrogen) atoms. The van der Waals surface area contributed by atoms with Crippen molar-refractivity contribution < 1.29 is 19.4 Å². The number of amides is 1. The number of rotatable bonds is 7. The molecule has 0 fully saturated rings. The molecule has 0 aliphatic rings. The Balaban J connectivity index is 2.57. The molecule has 0 aliphatic heterocycles. The Morgan fingerprint density at radius 1 is 1.50 bits per heavy atom. The molecule has 1 aromatic rings. The van der Waals surface area contributed by atoms with E-state index in [-0.39, 0.29) is 11.0 Å². The summed E-state index contributed by atoms with van der Waals surface area (Å²) in [6.45, 7) is 5.57. The standard InChI is InChI=1S/C14H22N2O4S2/c1-14(2,3)20-13(19)16-9(12(17)18)8-22-11(7-15)10-5-4-6-21-10/h4-6,9,11H,7-8,15H2,1-3H3,(H,16,19)(H,17,18)/t9-,11?/m0/s1. The molecule has 1 unspecified atom stereocenters. The zero-order valence-electron chi connectivity index (χ0n) is 12.9. The van der Waals surface area contributed by atoms with Gasteiger partial charge >= 0.3 is 12.1 Å². The van der Waals surface area contributed by atoms with Crippen molar-refractivity contribution in [3.8, 4) is 0 Å². The summed E-state index contributed by atoms with van der Waals surface area (Å²) in [5, 5.41) is 13.6. The molecule has 0 aromatic carbocycles. The highest BCUT2D eigenvalue weighted by atomic mass is 32.2. The van der Waals surface area contributed by atoms with Gasteiger partial charge in [-0.3, -0.25) is 0 Å². The number of hydrogen-bond acceptors (Lipinski definition) is 6. The number of carboxylic acids is 1. The molecule has 1 aromatic heterocycles. The summed E-state index contributed by atoms with van der Waals surface area (Å²) in [7, 11) is 0. The third kappa shape index (κ3) is 6.67. The number of nitrogens with one attached hydrogen (secondary N) is 1. The van der Waals surface area contributed by atoms with Gasteiger partial charge < -0.3 is 20.9 Å². The number of carbonyl (C=O) groups excluding carboxylic acids is 1. The van der Waals surface area contributed by atoms with Gasteiger partial charge in [-0.25, -0.2) is 9.59 Å². The molecule has 0 bridgehead atoms. The first kappa shape index (κ1) is 18.8. The van der Waals surface area contributed by atoms with Crippen LogP contribution >= 0.6 is 23.1 Å². The fourth-order valence-electron chi connectivity index (χ4n) is 1.58. The highest BCUT2D eigenvalue weighted by Gasteiger charge is 2.25. The summed E-state index contributed by atoms with van der Waals surface area (Å²) in [6.07, 6.45) is -0.735. The Labute approximate surface area is 138 Å². The summed E-state index contributed by atoms with van der Waals surface area (Å²) >= 11 is 2.99. The second kappa shape index (κ2) is 8.40. The van der Waals surface area contributed by atoms with Gasteiger partial charge in [0.1, 0.15) is 11.6 Å². The van der Waals surface area contributed by atoms with Crippen LogP contribution in [-0.2, 0) is 9.53 Å². The van der Waals surface area contributed by atoms with Crippen LogP contribution in [0.25, 0.3) is 0 Å². The number of nitrogens with two attached hydrogens (primary N) is 1. The van der Waals surface area contributed by atoms with Crippen LogP contribution in [-0.4, -0.2) is 41.1 Å². The fourth-order valence-corrected chi connectivity index (χ4v) is 3.70. The van der Waals surface area contributed by atoms with E-state index in [1.165, 1.54) is 11.8 Å². The molecule has 0 aliphatic carbocycles. The summed E-state index contributed by atoms with van der Waals surface area (Å²) in [5.41, 5.74) is 5.07. The number of aliphatic carboxylic acids is 1. The van der Waals surface area contributed by atoms with Gasteiger partial charge in [-0.15, -0.1) is 23.1 Å². The molecule has 1 heterocycles. The molecule has 124 valence electrons. The van der Waals surface area contributed by atoms with Crippen molar-refractivity contribution in [2.75, 3.05) is 12.3 Å². The lowest BCUT2D eigenvalue weighted by Gasteiger charge is -2.22. The van der Waals surface area contributed by atoms with Crippen LogP contribution in [0, 0.1) is 0 Å². The maximum atomic E-state index is 11.7. The lowest BCUT2D eigenvalue weighted by atomic mass is 10.2. The van der Waals surface area contributed by atoms with Gasteiger partial charge in [-0.1, -0.05) is 6.07 Å². The van der Waals surface area contributed by atoms with Crippen molar-refractivity contribution in [2.45, 2.75) is 37.7 Å². The van der Waals surface area contributed by atoms with Gasteiger partial charge in [-0.2, -0.15) is 0 Å². The minimum absolute atomic E-state index is 0.0160. The second-order valence-electron chi connectivity index (χ2n) is 5.61. The Kier molecular flexibility index (Phi) is 7.18. The quantitative estimate of drug-likeness (QED) is 0.701. The highest BCUT2D eigenvalue weighted by molar-refractivity contribution is 7.99. The molecule has 0 saturated carbocycles. The molecule has 2 atom stereocenters. The SMILES string of the molecule is CC(C)(C)OC(=O)N[C@@H](CSC(CN)c1cccs1)C(=O)O. The van der Waals surface area contributed by atoms with Crippen molar-refractivity contribution in [3.05, 3.63) is 22.4 Å². The maximum absolute atomic E-state index is 11.7. The second-order valence-corrected chi connectivity index (χ2v) is 7.83. The molecule has 1 rings (SSSR count). The topological polar surface area (TPSA) is 102 Å². The molecule has 6 nitrogen and oxygen atoms in total. The predicted molar refractivity (Wildman–Crippen MR) is 89.4 cm³/mol. The van der Waals surface area contributed by atoms with Gasteiger partial charge in [0.05, 0.1) is 5.25 Å². The molecule has 0 radical (unpaired) electrons. The summed E-state index contributed by atoms with van der Waals surface area (Å²) in [4.78, 5) is 24.1. The van der Waals surface area contributed by atoms with Gasteiger partial charge in [0.2, 0.25) is 0 Å². The Morgan fingerprint density at radius 2 is 2.18 bits per heavy atom. The number of ether oxygens (including phenoxy) is 1. The average Bonchev–Trinajstić information content (AvgIpc) is 2.89. The van der Waals surface area contributed by atoms with Crippen LogP contribution in [0.5, 0.6) is 0 Å². The molecule has 8 heteroatoms. The number of hydrogen-bond donors (Lipinski definition) is 3. The van der Waals surface area contributed by atoms with Crippen molar-refractivity contribution in [3.63, 3.8) is 0 Å². The van der Waals surface area contributed by atoms with Crippen LogP contribution in [0.4, 0.5) is 4.79 Å². The van der Waals surface area contributed by atoms with Crippen LogP contribution in [0.15, 0.2) is 17.5 Å². The summed E-state index contributed by atoms with van der Waals surface area (Å²) in [6, 6.07) is 2.87. The predicted octanol–water partition coefficient (Wildman–Crippen LogP) is 2.46. The van der Waals surface area contributed by atoms with Gasteiger partial charge in [0.15, 0.2) is 0 Å². The Hall–Kier alpha value is -1.25. The van der Waals surface area contributed by atoms with E-state index in [2.05, 4.69) is 5.32 Å². The first-order valence-electron chi connectivity index (χ1n) is 6.80. The zero-order valence-corrected chi connectivity index (χ0v) is 14.5. The largest absolute Gasteiger partial charge is 0.480 e. The normalized spacial score (nSPS) is 14.2. The fraction of sp³-hybridized carbons (Fsp3) is 0.571. The smallest absolute Gasteiger partial charge is 0.408 e. The van der Waals surface area contributed by atoms with E-state index >= 15 is 0 Å². The summed E-state index contributed by atoms with van der Waals surface area (Å²) in [5.74, 6) is -0.880. The van der Waals surface area contributed by atoms with E-state index in [9.17, 15) is 14.7 Å². The number of thiophene rings is 1. The minimum atomic E-state index is -1.10. The van der Waals surface area contributed by atoms with Crippen LogP contribution in [0.3, 0.4) is 0 Å². The third-order valence-electron chi connectivity index (χ3n) is 2.53. The molecule has 4 N–H and O–H groups in total. The van der Waals surface area contributed by atoms with E-state index in [0.717, 1.165) is 4.88 Å². The van der Waals surface area contributed by atoms with Crippen LogP contribution in [0.1, 0.15) is 30.9 Å². The monoisotopic (exact) mass is 346 g/mol. The van der Waals surface area contributed by atoms with E-state index in [1.807, 2.05) is 17.5 Å². The van der Waals surface area contributed by atoms with Gasteiger partial charge in [0.25, 0.3) is 0 Å². The molecule has 1 amide bonds. The average molecular weight is 346 g/mol. The van der Waals surface area contributed by atoms with Crippen molar-refractivity contribution in [1.29, 1.82) is 0 Å². The van der Waals surface area contributed by atoms with Crippen molar-refractivity contribution in [2.24, 2.45) is 5.73 Å². The number of carbonyl (C=O) groups is 2. The zero-order chi connectivity index (χ0) is 16.8. The third-order valence-corrected chi connectivity index (χ3v) is 5.04. The summed E-state index contributed by atoms with van der Waals surface area (Å²) < 4.78 is 5.08. The van der Waals surface area contributed by atoms with E-state index in [0.29, 0.717) is 6.54 Å². The van der Waals surface area contributed by atoms with Crippen LogP contribution in [0.2, 0.25) is 0 Å². The lowest BCUT2D eigenvalue weighted by Crippen LogP contribution is -2.45. The highest BCUT2D eigenvalue weighted by Crippen LogP contribution is 2.31. The van der Waals surface area contributed by atoms with Gasteiger partial charge in [0, 0.05) is 17.2 Å². The molecule has 0 saturated heterocycles. The van der Waals surface area contributed by atoms with Gasteiger partial charge in [-0.05, 0) is 32.2 Å². The van der Waals surface area contributed by atoms with Crippen LogP contribution < -0.4 is 11.1 Å². The number of thioether (sulfide) groups is 1. The minimum Gasteiger partial charge on any atom is -0.480 e. The number of carboxylic acid groups (broad SMARTS) is 1. The first-order chi connectivity index (χ1) is 10.2. The first-order valence-corrected chi connectivity index (χ1v) is 8.73. The lowest BCUT2D eigenvalue weighted by molar-refractivity contribution is -0.138. The molecular formula is C14H22N2O4S2. The number of alkyl carbamates (subject to hydrolysis) is 1. The maximum Gasteiger partial charge on any atom is 0.408 e. The van der Waals surface area contributed by atoms with Crippen molar-refractivity contribution >= 4 is 35.2 Å². The Bertz CT molecular complexity index is 486.